The number of Topliss-reactive ketones (excluding diaryl/α,β-unsaturated/α-hetero) is 2. The number of cyclic esters (lactones) is 1. The van der Waals surface area contributed by atoms with Crippen molar-refractivity contribution in [2.75, 3.05) is 27.9 Å². The second kappa shape index (κ2) is 29.2. The molecule has 1 aromatic carbocycles. The summed E-state index contributed by atoms with van der Waals surface area (Å²) in [5.41, 5.74) is 1.48. The first-order chi connectivity index (χ1) is 36.5. The summed E-state index contributed by atoms with van der Waals surface area (Å²) in [5.74, 6) is -7.19. The van der Waals surface area contributed by atoms with Gasteiger partial charge in [0, 0.05) is 76.5 Å². The van der Waals surface area contributed by atoms with Gasteiger partial charge < -0.3 is 43.2 Å². The number of ether oxygens (including phenoxy) is 7. The number of nitrogens with zero attached hydrogens (tertiary/aromatic N) is 2. The molecule has 0 radical (unpaired) electrons. The van der Waals surface area contributed by atoms with Crippen LogP contribution in [0.3, 0.4) is 0 Å². The van der Waals surface area contributed by atoms with Crippen LogP contribution >= 0.6 is 0 Å². The Morgan fingerprint density at radius 1 is 0.844 bits per heavy atom. The van der Waals surface area contributed by atoms with Gasteiger partial charge in [-0.1, -0.05) is 90.5 Å². The van der Waals surface area contributed by atoms with E-state index in [9.17, 15) is 39.2 Å². The molecule has 3 aliphatic heterocycles. The Balaban J connectivity index is 1.57. The summed E-state index contributed by atoms with van der Waals surface area (Å²) in [6.07, 6.45) is 13.1. The molecule has 77 heavy (non-hydrogen) atoms. The van der Waals surface area contributed by atoms with E-state index in [-0.39, 0.29) is 66.4 Å². The number of allylic oxidation sites excluding steroid dienone is 5. The lowest BCUT2D eigenvalue weighted by Gasteiger charge is -2.43. The molecule has 1 aromatic rings. The minimum Gasteiger partial charge on any atom is -0.460 e. The lowest BCUT2D eigenvalue weighted by Crippen LogP contribution is -2.61. The number of aliphatic hydroxyl groups is 1. The molecule has 1 aliphatic carbocycles. The molecule has 5 rings (SSSR count). The lowest BCUT2D eigenvalue weighted by atomic mass is 9.75. The van der Waals surface area contributed by atoms with E-state index in [2.05, 4.69) is 13.8 Å². The third-order valence-corrected chi connectivity index (χ3v) is 16.9. The molecule has 428 valence electrons. The Kier molecular flexibility index (Phi) is 23.8. The number of methoxy groups -OCH3 is 3. The fourth-order valence-corrected chi connectivity index (χ4v) is 11.7. The number of nitro groups is 1. The molecule has 2 bridgehead atoms. The number of amides is 1. The normalized spacial score (nSPS) is 36.7. The third kappa shape index (κ3) is 17.0. The molecule has 0 aromatic heterocycles. The van der Waals surface area contributed by atoms with Crippen LogP contribution in [-0.4, -0.2) is 121 Å². The van der Waals surface area contributed by atoms with Gasteiger partial charge in [-0.3, -0.25) is 24.5 Å². The van der Waals surface area contributed by atoms with Gasteiger partial charge in [-0.2, -0.15) is 0 Å². The Hall–Kier alpha value is -5.07. The molecular weight excluding hydrogens is 989 g/mol. The summed E-state index contributed by atoms with van der Waals surface area (Å²) >= 11 is 0. The minimum absolute atomic E-state index is 0.00885. The van der Waals surface area contributed by atoms with Crippen LogP contribution in [0.1, 0.15) is 139 Å². The number of carbonyl (C=O) groups is 5. The summed E-state index contributed by atoms with van der Waals surface area (Å²) in [4.78, 5) is 84.0. The van der Waals surface area contributed by atoms with E-state index in [0.717, 1.165) is 30.4 Å². The molecule has 0 unspecified atom stereocenters. The van der Waals surface area contributed by atoms with Crippen LogP contribution in [0.4, 0.5) is 10.5 Å². The molecule has 4 aliphatic rings. The quantitative estimate of drug-likeness (QED) is 0.0608. The molecule has 3 fully saturated rings. The minimum atomic E-state index is -2.46. The van der Waals surface area contributed by atoms with E-state index < -0.39 is 88.8 Å². The van der Waals surface area contributed by atoms with E-state index in [1.165, 1.54) is 36.3 Å². The Morgan fingerprint density at radius 3 is 2.22 bits per heavy atom. The monoisotopic (exact) mass is 1080 g/mol. The van der Waals surface area contributed by atoms with Gasteiger partial charge in [0.15, 0.2) is 5.78 Å². The van der Waals surface area contributed by atoms with Crippen molar-refractivity contribution >= 4 is 35.3 Å². The maximum atomic E-state index is 14.9. The average Bonchev–Trinajstić information content (AvgIpc) is 3.41. The van der Waals surface area contributed by atoms with Gasteiger partial charge in [-0.05, 0) is 119 Å². The van der Waals surface area contributed by atoms with Gasteiger partial charge in [0.1, 0.15) is 30.1 Å². The first kappa shape index (κ1) is 62.8. The number of hydrogen-bond donors (Lipinski definition) is 1. The molecule has 0 spiro atoms. The van der Waals surface area contributed by atoms with Crippen molar-refractivity contribution in [3.05, 3.63) is 82.0 Å². The molecule has 17 heteroatoms. The summed E-state index contributed by atoms with van der Waals surface area (Å²) in [7, 11) is 4.82. The van der Waals surface area contributed by atoms with E-state index in [1.807, 2.05) is 78.0 Å². The zero-order valence-corrected chi connectivity index (χ0v) is 47.7. The number of fused-ring (bicyclic) bond motifs is 3. The molecule has 17 nitrogen and oxygen atoms in total. The Bertz CT molecular complexity index is 2290. The topological polar surface area (TPSA) is 217 Å². The second-order valence-corrected chi connectivity index (χ2v) is 22.7. The summed E-state index contributed by atoms with van der Waals surface area (Å²) in [5, 5.41) is 23.5. The van der Waals surface area contributed by atoms with Crippen molar-refractivity contribution in [3.8, 4) is 5.75 Å². The summed E-state index contributed by atoms with van der Waals surface area (Å²) in [6.45, 7) is 17.4. The third-order valence-electron chi connectivity index (χ3n) is 16.9. The highest BCUT2D eigenvalue weighted by molar-refractivity contribution is 6.39. The van der Waals surface area contributed by atoms with Crippen molar-refractivity contribution in [1.29, 1.82) is 0 Å². The van der Waals surface area contributed by atoms with Gasteiger partial charge >= 0.3 is 12.1 Å². The average molecular weight is 1080 g/mol. The van der Waals surface area contributed by atoms with E-state index in [4.69, 9.17) is 33.2 Å². The number of ketones is 2. The number of rotatable bonds is 9. The van der Waals surface area contributed by atoms with Crippen LogP contribution in [0.5, 0.6) is 5.75 Å². The predicted molar refractivity (Wildman–Crippen MR) is 290 cm³/mol. The van der Waals surface area contributed by atoms with Gasteiger partial charge in [-0.15, -0.1) is 0 Å². The maximum absolute atomic E-state index is 14.9. The number of esters is 1. The summed E-state index contributed by atoms with van der Waals surface area (Å²) in [6, 6.07) is 3.82. The van der Waals surface area contributed by atoms with Crippen LogP contribution < -0.4 is 4.74 Å². The number of piperidine rings is 1. The van der Waals surface area contributed by atoms with Crippen molar-refractivity contribution < 1.29 is 67.2 Å². The van der Waals surface area contributed by atoms with Gasteiger partial charge in [0.05, 0.1) is 23.2 Å². The van der Waals surface area contributed by atoms with Crippen LogP contribution in [0.15, 0.2) is 71.9 Å². The molecule has 1 N–H and O–H groups in total. The highest BCUT2D eigenvalue weighted by Gasteiger charge is 2.53. The van der Waals surface area contributed by atoms with E-state index in [1.54, 1.807) is 21.1 Å². The molecule has 2 saturated heterocycles. The van der Waals surface area contributed by atoms with Crippen molar-refractivity contribution in [1.82, 2.24) is 4.90 Å². The van der Waals surface area contributed by atoms with Gasteiger partial charge in [-0.25, -0.2) is 9.59 Å². The van der Waals surface area contributed by atoms with E-state index >= 15 is 0 Å². The van der Waals surface area contributed by atoms with Crippen molar-refractivity contribution in [3.63, 3.8) is 0 Å². The number of benzene rings is 1. The zero-order chi connectivity index (χ0) is 56.7. The van der Waals surface area contributed by atoms with Crippen molar-refractivity contribution in [2.24, 2.45) is 47.3 Å². The van der Waals surface area contributed by atoms with Crippen molar-refractivity contribution in [2.45, 2.75) is 188 Å². The smallest absolute Gasteiger partial charge is 0.460 e. The van der Waals surface area contributed by atoms with Crippen LogP contribution in [0.25, 0.3) is 0 Å². The van der Waals surface area contributed by atoms with Crippen LogP contribution in [0.2, 0.25) is 0 Å². The van der Waals surface area contributed by atoms with Gasteiger partial charge in [0.2, 0.25) is 5.79 Å². The highest BCUT2D eigenvalue weighted by atomic mass is 16.7. The number of hydrogen-bond acceptors (Lipinski definition) is 15. The predicted octanol–water partition coefficient (Wildman–Crippen LogP) is 10.7. The molecule has 16 atom stereocenters. The standard InChI is InChI=1S/C60H88N2O15/c1-36-18-14-13-15-19-37(2)51(72-11)34-48-26-22-43(8)60(68,77-48)56(64)57(65)61-29-17-16-20-49(61)58(66)75-52(41(6)32-45-23-21-38(3)50(33-45)71-10)35-53(76-59(67)74-47-27-24-46(25-28-47)62(69)70)40(5)31-39(4)44(9)55(73-12)54(63)42(7)30-36/h13-15,18-19,24-25,27-28,31,36,38,40-45,48-53,55,68H,16-17,20-23,26,29-30,32-35H2,1-12H3/b15-13+,18-14+,37-19+,39-31+/t36-,38-,40-,41-,42-,43-,44-,45+,48+,49+,50-,51+,52+,53-,55-,60-/m1/s1. The highest BCUT2D eigenvalue weighted by Crippen LogP contribution is 2.39. The molecule has 1 amide bonds. The maximum Gasteiger partial charge on any atom is 0.514 e. The van der Waals surface area contributed by atoms with Crippen LogP contribution in [-0.2, 0) is 47.6 Å². The Morgan fingerprint density at radius 2 is 1.56 bits per heavy atom. The molecule has 1 saturated carbocycles. The zero-order valence-electron chi connectivity index (χ0n) is 47.7. The lowest BCUT2D eigenvalue weighted by molar-refractivity contribution is -0.384. The SMILES string of the molecule is CO[C@H]1C[C@@H]2CC[C@@H](C)[C@@](O)(O2)C(=O)C(=O)N2CCCC[C@H]2C(=O)O[C@H]([C@H](C)C[C@@H]2CC[C@@H](C)[C@H](OC)C2)C[C@@H](OC(=O)Oc2ccc([N+](=O)[O-])cc2)[C@H](C)/C=C(\C)[C@@H](C)[C@@H](OC)C(=O)[C@H](C)C[C@H](C)/C=C/C=C/C=C/1C. The Labute approximate surface area is 456 Å². The first-order valence-corrected chi connectivity index (χ1v) is 27.9. The first-order valence-electron chi connectivity index (χ1n) is 27.9. The number of carbonyl (C=O) groups excluding carboxylic acids is 5. The van der Waals surface area contributed by atoms with E-state index in [0.29, 0.717) is 50.9 Å². The fraction of sp³-hybridized carbons (Fsp3) is 0.683. The fourth-order valence-electron chi connectivity index (χ4n) is 11.7. The summed E-state index contributed by atoms with van der Waals surface area (Å²) < 4.78 is 42.3. The largest absolute Gasteiger partial charge is 0.514 e. The molecular formula is C60H88N2O15. The number of nitro benzene ring substituents is 1. The number of non-ortho nitro benzene ring substituents is 1. The molecule has 3 heterocycles. The van der Waals surface area contributed by atoms with Crippen LogP contribution in [0, 0.1) is 57.5 Å². The van der Waals surface area contributed by atoms with Gasteiger partial charge in [0.25, 0.3) is 17.4 Å². The second-order valence-electron chi connectivity index (χ2n) is 22.7.